The number of unbranched alkanes of at least 4 members (excludes halogenated alkanes) is 8. The highest BCUT2D eigenvalue weighted by atomic mass is 16.5. The van der Waals surface area contributed by atoms with Crippen LogP contribution in [0.2, 0.25) is 0 Å². The van der Waals surface area contributed by atoms with Crippen LogP contribution in [0.1, 0.15) is 110 Å². The molecule has 0 heterocycles. The fraction of sp³-hybridized carbons (Fsp3) is 0.808. The van der Waals surface area contributed by atoms with Gasteiger partial charge in [-0.1, -0.05) is 58.3 Å². The van der Waals surface area contributed by atoms with Gasteiger partial charge in [-0.3, -0.25) is 14.4 Å². The molecule has 0 spiro atoms. The number of rotatable bonds is 23. The first-order valence-electron chi connectivity index (χ1n) is 13.6. The van der Waals surface area contributed by atoms with Gasteiger partial charge in [0, 0.05) is 12.8 Å². The molecule has 0 fully saturated rings. The number of nitrogens with two attached hydrogens (primary N) is 1. The van der Waals surface area contributed by atoms with E-state index in [1.165, 1.54) is 32.1 Å². The van der Waals surface area contributed by atoms with Crippen molar-refractivity contribution < 1.29 is 38.9 Å². The molecule has 0 aliphatic carbocycles. The van der Waals surface area contributed by atoms with Crippen molar-refractivity contribution in [3.05, 3.63) is 0 Å². The average Bonchev–Trinajstić information content (AvgIpc) is 2.84. The summed E-state index contributed by atoms with van der Waals surface area (Å²) in [6.07, 6.45) is 10.4. The largest absolute Gasteiger partial charge is 0.480 e. The van der Waals surface area contributed by atoms with Crippen molar-refractivity contribution >= 4 is 29.7 Å². The van der Waals surface area contributed by atoms with E-state index in [4.69, 9.17) is 15.6 Å². The maximum atomic E-state index is 12.4. The third-order valence-corrected chi connectivity index (χ3v) is 6.03. The number of carbonyl (C=O) groups is 5. The summed E-state index contributed by atoms with van der Waals surface area (Å²) in [6, 6.07) is -3.32. The second kappa shape index (κ2) is 21.4. The first-order valence-corrected chi connectivity index (χ1v) is 13.6. The Labute approximate surface area is 220 Å². The van der Waals surface area contributed by atoms with Crippen molar-refractivity contribution in [1.29, 1.82) is 0 Å². The minimum absolute atomic E-state index is 0.0127. The van der Waals surface area contributed by atoms with Crippen LogP contribution in [0.4, 0.5) is 0 Å². The smallest absolute Gasteiger partial charge is 0.328 e. The second-order valence-electron chi connectivity index (χ2n) is 9.32. The quantitative estimate of drug-likeness (QED) is 0.0980. The van der Waals surface area contributed by atoms with Gasteiger partial charge in [0.05, 0.1) is 6.61 Å². The van der Waals surface area contributed by atoms with Crippen LogP contribution in [0, 0.1) is 0 Å². The van der Waals surface area contributed by atoms with Gasteiger partial charge in [-0.2, -0.15) is 0 Å². The van der Waals surface area contributed by atoms with Crippen molar-refractivity contribution in [3.63, 3.8) is 0 Å². The predicted molar refractivity (Wildman–Crippen MR) is 139 cm³/mol. The molecule has 0 saturated heterocycles. The van der Waals surface area contributed by atoms with Crippen molar-refractivity contribution in [2.45, 2.75) is 128 Å². The molecule has 214 valence electrons. The van der Waals surface area contributed by atoms with Gasteiger partial charge in [0.25, 0.3) is 0 Å². The molecule has 3 atom stereocenters. The third-order valence-electron chi connectivity index (χ3n) is 6.03. The van der Waals surface area contributed by atoms with E-state index in [2.05, 4.69) is 17.6 Å². The van der Waals surface area contributed by atoms with Crippen molar-refractivity contribution in [3.8, 4) is 0 Å². The Kier molecular flexibility index (Phi) is 19.8. The van der Waals surface area contributed by atoms with Gasteiger partial charge in [0.2, 0.25) is 11.8 Å². The van der Waals surface area contributed by atoms with Gasteiger partial charge >= 0.3 is 17.9 Å². The zero-order chi connectivity index (χ0) is 28.1. The van der Waals surface area contributed by atoms with E-state index in [1.54, 1.807) is 6.92 Å². The Balaban J connectivity index is 4.52. The van der Waals surface area contributed by atoms with Crippen LogP contribution in [0.5, 0.6) is 0 Å². The number of carboxylic acid groups (broad SMARTS) is 2. The summed E-state index contributed by atoms with van der Waals surface area (Å²) in [5.74, 6) is -3.97. The lowest BCUT2D eigenvalue weighted by Crippen LogP contribution is -2.44. The SMILES string of the molecule is CCCCCCCCCCCC(=O)N[C@H](CCC(=O)NC(CCCC(N)C(=O)O)C(=O)O)C(=O)OCC. The number of carboxylic acids is 2. The Hall–Kier alpha value is -2.69. The molecule has 0 aromatic heterocycles. The molecular weight excluding hydrogens is 482 g/mol. The van der Waals surface area contributed by atoms with Crippen molar-refractivity contribution in [1.82, 2.24) is 10.6 Å². The summed E-state index contributed by atoms with van der Waals surface area (Å²) < 4.78 is 5.01. The average molecular weight is 530 g/mol. The maximum Gasteiger partial charge on any atom is 0.328 e. The fourth-order valence-corrected chi connectivity index (χ4v) is 3.82. The number of nitrogens with one attached hydrogen (secondary N) is 2. The van der Waals surface area contributed by atoms with Crippen LogP contribution < -0.4 is 16.4 Å². The zero-order valence-corrected chi connectivity index (χ0v) is 22.5. The molecule has 37 heavy (non-hydrogen) atoms. The summed E-state index contributed by atoms with van der Waals surface area (Å²) in [4.78, 5) is 59.2. The Bertz CT molecular complexity index is 701. The van der Waals surface area contributed by atoms with E-state index < -0.39 is 41.9 Å². The molecule has 11 nitrogen and oxygen atoms in total. The van der Waals surface area contributed by atoms with E-state index in [9.17, 15) is 29.1 Å². The number of carbonyl (C=O) groups excluding carboxylic acids is 3. The van der Waals surface area contributed by atoms with Crippen molar-refractivity contribution in [2.24, 2.45) is 5.73 Å². The van der Waals surface area contributed by atoms with Gasteiger partial charge in [0.15, 0.2) is 0 Å². The molecule has 2 amide bonds. The van der Waals surface area contributed by atoms with Crippen LogP contribution in [-0.2, 0) is 28.7 Å². The van der Waals surface area contributed by atoms with Gasteiger partial charge in [-0.25, -0.2) is 9.59 Å². The van der Waals surface area contributed by atoms with E-state index in [-0.39, 0.29) is 51.0 Å². The molecule has 0 aliphatic rings. The van der Waals surface area contributed by atoms with E-state index >= 15 is 0 Å². The van der Waals surface area contributed by atoms with Crippen LogP contribution in [0.3, 0.4) is 0 Å². The van der Waals surface area contributed by atoms with E-state index in [1.807, 2.05) is 0 Å². The molecule has 6 N–H and O–H groups in total. The van der Waals surface area contributed by atoms with Crippen LogP contribution in [0.25, 0.3) is 0 Å². The van der Waals surface area contributed by atoms with E-state index in [0.717, 1.165) is 19.3 Å². The Morgan fingerprint density at radius 2 is 1.22 bits per heavy atom. The van der Waals surface area contributed by atoms with Gasteiger partial charge < -0.3 is 31.3 Å². The molecule has 0 aromatic rings. The number of ether oxygens (including phenoxy) is 1. The molecule has 0 aromatic carbocycles. The summed E-state index contributed by atoms with van der Waals surface area (Å²) >= 11 is 0. The summed E-state index contributed by atoms with van der Waals surface area (Å²) in [6.45, 7) is 3.95. The minimum Gasteiger partial charge on any atom is -0.480 e. The third kappa shape index (κ3) is 18.2. The molecule has 0 rings (SSSR count). The highest BCUT2D eigenvalue weighted by Crippen LogP contribution is 2.11. The van der Waals surface area contributed by atoms with Gasteiger partial charge in [-0.15, -0.1) is 0 Å². The standard InChI is InChI=1S/C26H47N3O8/c1-3-5-6-7-8-9-10-11-12-16-22(30)29-21(26(36)37-4-2)17-18-23(31)28-20(25(34)35)15-13-14-19(27)24(32)33/h19-21H,3-18,27H2,1-2H3,(H,28,31)(H,29,30)(H,32,33)(H,34,35)/t19?,20?,21-/m1/s1. The van der Waals surface area contributed by atoms with Crippen LogP contribution >= 0.6 is 0 Å². The molecule has 0 saturated carbocycles. The molecule has 0 aliphatic heterocycles. The second-order valence-corrected chi connectivity index (χ2v) is 9.32. The van der Waals surface area contributed by atoms with Crippen LogP contribution in [0.15, 0.2) is 0 Å². The lowest BCUT2D eigenvalue weighted by molar-refractivity contribution is -0.148. The first-order chi connectivity index (χ1) is 17.6. The van der Waals surface area contributed by atoms with Gasteiger partial charge in [0.1, 0.15) is 18.1 Å². The number of esters is 1. The molecular formula is C26H47N3O8. The monoisotopic (exact) mass is 529 g/mol. The zero-order valence-electron chi connectivity index (χ0n) is 22.5. The Morgan fingerprint density at radius 3 is 1.76 bits per heavy atom. The summed E-state index contributed by atoms with van der Waals surface area (Å²) in [7, 11) is 0. The lowest BCUT2D eigenvalue weighted by atomic mass is 10.0. The molecule has 11 heteroatoms. The highest BCUT2D eigenvalue weighted by Gasteiger charge is 2.25. The minimum atomic E-state index is -1.26. The molecule has 2 unspecified atom stereocenters. The number of amides is 2. The number of hydrogen-bond donors (Lipinski definition) is 5. The van der Waals surface area contributed by atoms with Crippen LogP contribution in [-0.4, -0.2) is 64.7 Å². The summed E-state index contributed by atoms with van der Waals surface area (Å²) in [5.41, 5.74) is 5.41. The number of aliphatic carboxylic acids is 2. The lowest BCUT2D eigenvalue weighted by Gasteiger charge is -2.19. The number of hydrogen-bond acceptors (Lipinski definition) is 7. The molecule has 0 bridgehead atoms. The predicted octanol–water partition coefficient (Wildman–Crippen LogP) is 2.89. The highest BCUT2D eigenvalue weighted by molar-refractivity contribution is 5.86. The Morgan fingerprint density at radius 1 is 0.676 bits per heavy atom. The fourth-order valence-electron chi connectivity index (χ4n) is 3.82. The molecule has 0 radical (unpaired) electrons. The van der Waals surface area contributed by atoms with E-state index in [0.29, 0.717) is 6.42 Å². The van der Waals surface area contributed by atoms with Crippen molar-refractivity contribution in [2.75, 3.05) is 6.61 Å². The normalized spacial score (nSPS) is 13.3. The summed E-state index contributed by atoms with van der Waals surface area (Å²) in [5, 5.41) is 23.2. The topological polar surface area (TPSA) is 185 Å². The maximum absolute atomic E-state index is 12.4. The van der Waals surface area contributed by atoms with Gasteiger partial charge in [-0.05, 0) is 39.0 Å². The first kappa shape index (κ1) is 34.3.